The molecule has 0 unspecified atom stereocenters. The first kappa shape index (κ1) is 15.2. The molecule has 0 atom stereocenters. The highest BCUT2D eigenvalue weighted by molar-refractivity contribution is 5.91. The Labute approximate surface area is 133 Å². The van der Waals surface area contributed by atoms with Gasteiger partial charge in [0.15, 0.2) is 5.65 Å². The van der Waals surface area contributed by atoms with Crippen LogP contribution in [0.1, 0.15) is 26.3 Å². The van der Waals surface area contributed by atoms with Crippen LogP contribution in [0.5, 0.6) is 11.6 Å². The normalized spacial score (nSPS) is 11.9. The number of fused-ring (bicyclic) bond motifs is 1. The van der Waals surface area contributed by atoms with Crippen molar-refractivity contribution in [1.82, 2.24) is 19.7 Å². The number of aromatic nitrogens is 4. The van der Waals surface area contributed by atoms with Crippen LogP contribution in [0, 0.1) is 12.7 Å². The van der Waals surface area contributed by atoms with Crippen molar-refractivity contribution in [2.75, 3.05) is 5.73 Å². The second-order valence-electron chi connectivity index (χ2n) is 6.36. The summed E-state index contributed by atoms with van der Waals surface area (Å²) in [7, 11) is 0. The molecular formula is C16H18FN5O. The van der Waals surface area contributed by atoms with Crippen molar-refractivity contribution in [2.45, 2.75) is 33.2 Å². The van der Waals surface area contributed by atoms with E-state index in [1.54, 1.807) is 23.7 Å². The molecule has 0 spiro atoms. The van der Waals surface area contributed by atoms with Crippen LogP contribution in [0.2, 0.25) is 0 Å². The van der Waals surface area contributed by atoms with Crippen molar-refractivity contribution in [1.29, 1.82) is 0 Å². The summed E-state index contributed by atoms with van der Waals surface area (Å²) in [6.45, 7) is 7.68. The van der Waals surface area contributed by atoms with Gasteiger partial charge in [0.1, 0.15) is 29.1 Å². The van der Waals surface area contributed by atoms with Gasteiger partial charge in [-0.15, -0.1) is 5.10 Å². The van der Waals surface area contributed by atoms with Gasteiger partial charge < -0.3 is 10.5 Å². The lowest BCUT2D eigenvalue weighted by atomic mass is 10.1. The molecule has 2 aromatic heterocycles. The monoisotopic (exact) mass is 315 g/mol. The quantitative estimate of drug-likeness (QED) is 0.784. The second-order valence-corrected chi connectivity index (χ2v) is 6.36. The van der Waals surface area contributed by atoms with E-state index in [4.69, 9.17) is 10.5 Å². The van der Waals surface area contributed by atoms with E-state index < -0.39 is 0 Å². The summed E-state index contributed by atoms with van der Waals surface area (Å²) < 4.78 is 21.0. The first-order chi connectivity index (χ1) is 10.8. The fraction of sp³-hybridized carbons (Fsp3) is 0.312. The molecule has 1 aromatic carbocycles. The van der Waals surface area contributed by atoms with Gasteiger partial charge in [0.25, 0.3) is 5.88 Å². The van der Waals surface area contributed by atoms with Crippen LogP contribution in [-0.2, 0) is 5.54 Å². The number of ether oxygens (including phenoxy) is 1. The maximum atomic E-state index is 13.4. The van der Waals surface area contributed by atoms with Gasteiger partial charge in [-0.1, -0.05) is 0 Å². The Morgan fingerprint density at radius 1 is 1.22 bits per heavy atom. The minimum Gasteiger partial charge on any atom is -0.437 e. The summed E-state index contributed by atoms with van der Waals surface area (Å²) >= 11 is 0. The molecule has 2 heterocycles. The van der Waals surface area contributed by atoms with E-state index in [9.17, 15) is 4.39 Å². The van der Waals surface area contributed by atoms with Crippen molar-refractivity contribution in [3.8, 4) is 11.6 Å². The highest BCUT2D eigenvalue weighted by Crippen LogP contribution is 2.34. The zero-order chi connectivity index (χ0) is 16.8. The van der Waals surface area contributed by atoms with E-state index in [0.717, 1.165) is 0 Å². The van der Waals surface area contributed by atoms with E-state index >= 15 is 0 Å². The lowest BCUT2D eigenvalue weighted by Gasteiger charge is -2.19. The third kappa shape index (κ3) is 2.69. The molecule has 0 aliphatic heterocycles. The average Bonchev–Trinajstić information content (AvgIpc) is 2.83. The fourth-order valence-corrected chi connectivity index (χ4v) is 2.27. The lowest BCUT2D eigenvalue weighted by molar-refractivity contribution is 0.349. The van der Waals surface area contributed by atoms with Crippen molar-refractivity contribution < 1.29 is 9.13 Å². The Bertz CT molecular complexity index is 882. The van der Waals surface area contributed by atoms with Gasteiger partial charge in [-0.3, -0.25) is 0 Å². The molecule has 0 radical (unpaired) electrons. The number of halogens is 1. The fourth-order valence-electron chi connectivity index (χ4n) is 2.27. The van der Waals surface area contributed by atoms with Gasteiger partial charge in [0.2, 0.25) is 0 Å². The van der Waals surface area contributed by atoms with E-state index in [2.05, 4.69) is 15.1 Å². The minimum absolute atomic E-state index is 0.287. The van der Waals surface area contributed by atoms with Crippen molar-refractivity contribution in [3.63, 3.8) is 0 Å². The molecule has 23 heavy (non-hydrogen) atoms. The Balaban J connectivity index is 2.15. The smallest absolute Gasteiger partial charge is 0.251 e. The third-order valence-electron chi connectivity index (χ3n) is 3.44. The van der Waals surface area contributed by atoms with Gasteiger partial charge in [0.05, 0.1) is 5.54 Å². The summed E-state index contributed by atoms with van der Waals surface area (Å²) in [4.78, 5) is 8.28. The van der Waals surface area contributed by atoms with Crippen LogP contribution >= 0.6 is 0 Å². The zero-order valence-electron chi connectivity index (χ0n) is 13.5. The van der Waals surface area contributed by atoms with Crippen molar-refractivity contribution in [2.24, 2.45) is 0 Å². The third-order valence-corrected chi connectivity index (χ3v) is 3.44. The SMILES string of the molecule is Cc1cc(Oc2nn(C(C)(C)C)c3ncnc(N)c23)ccc1F. The Hall–Kier alpha value is -2.70. The predicted molar refractivity (Wildman–Crippen MR) is 85.9 cm³/mol. The average molecular weight is 315 g/mol. The number of hydrogen-bond acceptors (Lipinski definition) is 5. The summed E-state index contributed by atoms with van der Waals surface area (Å²) in [5.41, 5.74) is 6.76. The van der Waals surface area contributed by atoms with Crippen molar-refractivity contribution >= 4 is 16.9 Å². The number of benzene rings is 1. The predicted octanol–water partition coefficient (Wildman–Crippen LogP) is 3.40. The minimum atomic E-state index is -0.306. The number of anilines is 1. The number of rotatable bonds is 2. The van der Waals surface area contributed by atoms with Crippen LogP contribution < -0.4 is 10.5 Å². The van der Waals surface area contributed by atoms with Gasteiger partial charge in [0, 0.05) is 0 Å². The van der Waals surface area contributed by atoms with Gasteiger partial charge >= 0.3 is 0 Å². The zero-order valence-corrected chi connectivity index (χ0v) is 13.5. The summed E-state index contributed by atoms with van der Waals surface area (Å²) in [6.07, 6.45) is 1.40. The standard InChI is InChI=1S/C16H18FN5O/c1-9-7-10(5-6-11(9)17)23-15-12-13(18)19-8-20-14(12)22(21-15)16(2,3)4/h5-8H,1-4H3,(H2,18,19,20). The molecule has 0 fully saturated rings. The van der Waals surface area contributed by atoms with Gasteiger partial charge in [-0.2, -0.15) is 0 Å². The second kappa shape index (κ2) is 5.19. The van der Waals surface area contributed by atoms with Gasteiger partial charge in [-0.05, 0) is 51.5 Å². The van der Waals surface area contributed by atoms with E-state index in [1.165, 1.54) is 12.4 Å². The van der Waals surface area contributed by atoms with E-state index in [0.29, 0.717) is 34.0 Å². The number of hydrogen-bond donors (Lipinski definition) is 1. The molecule has 0 amide bonds. The molecule has 0 bridgehead atoms. The largest absolute Gasteiger partial charge is 0.437 e. The van der Waals surface area contributed by atoms with Crippen LogP contribution in [0.3, 0.4) is 0 Å². The Morgan fingerprint density at radius 2 is 1.96 bits per heavy atom. The number of nitrogens with two attached hydrogens (primary N) is 1. The molecule has 3 aromatic rings. The summed E-state index contributed by atoms with van der Waals surface area (Å²) in [5.74, 6) is 0.788. The molecule has 7 heteroatoms. The van der Waals surface area contributed by atoms with E-state index in [1.807, 2.05) is 20.8 Å². The summed E-state index contributed by atoms with van der Waals surface area (Å²) in [6, 6.07) is 4.51. The van der Waals surface area contributed by atoms with Crippen molar-refractivity contribution in [3.05, 3.63) is 35.9 Å². The first-order valence-electron chi connectivity index (χ1n) is 7.21. The molecule has 6 nitrogen and oxygen atoms in total. The molecule has 3 rings (SSSR count). The number of nitrogen functional groups attached to an aromatic ring is 1. The molecule has 0 saturated heterocycles. The lowest BCUT2D eigenvalue weighted by Crippen LogP contribution is -2.23. The maximum absolute atomic E-state index is 13.4. The highest BCUT2D eigenvalue weighted by atomic mass is 19.1. The van der Waals surface area contributed by atoms with Gasteiger partial charge in [-0.25, -0.2) is 19.0 Å². The summed E-state index contributed by atoms with van der Waals surface area (Å²) in [5, 5.41) is 5.03. The number of aryl methyl sites for hydroxylation is 1. The molecule has 0 aliphatic carbocycles. The molecular weight excluding hydrogens is 297 g/mol. The Kier molecular flexibility index (Phi) is 3.43. The molecule has 2 N–H and O–H groups in total. The Morgan fingerprint density at radius 3 is 2.61 bits per heavy atom. The maximum Gasteiger partial charge on any atom is 0.251 e. The van der Waals surface area contributed by atoms with Crippen LogP contribution in [0.15, 0.2) is 24.5 Å². The molecule has 120 valence electrons. The van der Waals surface area contributed by atoms with E-state index in [-0.39, 0.29) is 11.4 Å². The molecule has 0 saturated carbocycles. The van der Waals surface area contributed by atoms with Crippen LogP contribution in [0.25, 0.3) is 11.0 Å². The molecule has 0 aliphatic rings. The van der Waals surface area contributed by atoms with Crippen LogP contribution in [-0.4, -0.2) is 19.7 Å². The highest BCUT2D eigenvalue weighted by Gasteiger charge is 2.24. The number of nitrogens with zero attached hydrogens (tertiary/aromatic N) is 4. The topological polar surface area (TPSA) is 78.8 Å². The van der Waals surface area contributed by atoms with Crippen LogP contribution in [0.4, 0.5) is 10.2 Å². The first-order valence-corrected chi connectivity index (χ1v) is 7.21.